The molecule has 0 radical (unpaired) electrons. The number of halogens is 1. The molecule has 0 saturated carbocycles. The van der Waals surface area contributed by atoms with Crippen molar-refractivity contribution < 1.29 is 17.6 Å². The Morgan fingerprint density at radius 3 is 2.58 bits per heavy atom. The van der Waals surface area contributed by atoms with Gasteiger partial charge in [0.1, 0.15) is 16.5 Å². The second-order valence-corrected chi connectivity index (χ2v) is 11.3. The number of aryl methyl sites for hydroxylation is 1. The van der Waals surface area contributed by atoms with Crippen molar-refractivity contribution in [3.05, 3.63) is 80.1 Å². The van der Waals surface area contributed by atoms with Crippen LogP contribution in [0.5, 0.6) is 0 Å². The van der Waals surface area contributed by atoms with Crippen LogP contribution < -0.4 is 21.2 Å². The SMILES string of the molecule is CN=Cc1cc(-c2oc3c(C(C)Nc4ccc(Cl)nc4S(=O)(=O)NC(C)=O)cc(C)cc3c(=O)c2C)ccc1N. The first-order chi connectivity index (χ1) is 18.8. The number of nitrogen functional groups attached to an aromatic ring is 1. The molecule has 2 aromatic carbocycles. The molecule has 1 unspecified atom stereocenters. The summed E-state index contributed by atoms with van der Waals surface area (Å²) in [5.74, 6) is -0.395. The van der Waals surface area contributed by atoms with Gasteiger partial charge in [0.05, 0.1) is 17.1 Å². The van der Waals surface area contributed by atoms with Crippen molar-refractivity contribution in [3.63, 3.8) is 0 Å². The van der Waals surface area contributed by atoms with Crippen LogP contribution in [0.1, 0.15) is 42.1 Å². The van der Waals surface area contributed by atoms with Gasteiger partial charge < -0.3 is 15.5 Å². The second kappa shape index (κ2) is 11.1. The van der Waals surface area contributed by atoms with Gasteiger partial charge in [-0.3, -0.25) is 14.6 Å². The maximum absolute atomic E-state index is 13.5. The summed E-state index contributed by atoms with van der Waals surface area (Å²) in [6.07, 6.45) is 1.63. The highest BCUT2D eigenvalue weighted by Crippen LogP contribution is 2.34. The average Bonchev–Trinajstić information content (AvgIpc) is 2.87. The number of benzene rings is 2. The number of hydrogen-bond donors (Lipinski definition) is 3. The van der Waals surface area contributed by atoms with Gasteiger partial charge in [0.15, 0.2) is 5.43 Å². The third-order valence-electron chi connectivity index (χ3n) is 6.21. The van der Waals surface area contributed by atoms with Gasteiger partial charge in [-0.1, -0.05) is 17.7 Å². The molecule has 10 nitrogen and oxygen atoms in total. The summed E-state index contributed by atoms with van der Waals surface area (Å²) in [4.78, 5) is 33.0. The number of nitrogens with one attached hydrogen (secondary N) is 2. The van der Waals surface area contributed by atoms with Crippen LogP contribution in [0.3, 0.4) is 0 Å². The molecule has 4 aromatic rings. The highest BCUT2D eigenvalue weighted by Gasteiger charge is 2.25. The zero-order chi connectivity index (χ0) is 29.4. The van der Waals surface area contributed by atoms with Crippen LogP contribution in [-0.2, 0) is 14.8 Å². The summed E-state index contributed by atoms with van der Waals surface area (Å²) in [5.41, 5.74) is 10.0. The van der Waals surface area contributed by atoms with Crippen LogP contribution in [-0.4, -0.2) is 32.6 Å². The average molecular weight is 582 g/mol. The molecule has 1 amide bonds. The van der Waals surface area contributed by atoms with Gasteiger partial charge in [-0.15, -0.1) is 0 Å². The molecule has 0 aliphatic heterocycles. The van der Waals surface area contributed by atoms with E-state index in [2.05, 4.69) is 15.3 Å². The fraction of sp³-hybridized carbons (Fsp3) is 0.214. The minimum absolute atomic E-state index is 0.0646. The fourth-order valence-electron chi connectivity index (χ4n) is 4.41. The standard InChI is InChI=1S/C28H28ClN5O5S/c1-14-10-20(16(3)32-23-8-9-24(29)33-28(23)40(37,38)34-17(4)35)27-21(11-14)25(36)15(2)26(39-27)18-6-7-22(30)19(12-18)13-31-5/h6-13,16,32H,30H2,1-5H3,(H,34,35). The molecular formula is C28H28ClN5O5S. The molecule has 40 heavy (non-hydrogen) atoms. The number of hydrogen-bond acceptors (Lipinski definition) is 9. The van der Waals surface area contributed by atoms with Crippen molar-refractivity contribution in [3.8, 4) is 11.3 Å². The predicted molar refractivity (Wildman–Crippen MR) is 158 cm³/mol. The van der Waals surface area contributed by atoms with Crippen molar-refractivity contribution in [2.75, 3.05) is 18.1 Å². The van der Waals surface area contributed by atoms with Gasteiger partial charge in [0.25, 0.3) is 10.0 Å². The topological polar surface area (TPSA) is 157 Å². The Balaban J connectivity index is 1.88. The molecule has 1 atom stereocenters. The second-order valence-electron chi connectivity index (χ2n) is 9.36. The van der Waals surface area contributed by atoms with E-state index in [4.69, 9.17) is 21.8 Å². The van der Waals surface area contributed by atoms with E-state index in [-0.39, 0.29) is 16.3 Å². The number of nitrogens with two attached hydrogens (primary N) is 1. The van der Waals surface area contributed by atoms with Crippen LogP contribution >= 0.6 is 11.6 Å². The summed E-state index contributed by atoms with van der Waals surface area (Å²) in [6.45, 7) is 6.42. The van der Waals surface area contributed by atoms with Crippen molar-refractivity contribution in [1.29, 1.82) is 0 Å². The van der Waals surface area contributed by atoms with Crippen LogP contribution in [0.15, 0.2) is 61.7 Å². The van der Waals surface area contributed by atoms with Gasteiger partial charge in [0, 0.05) is 48.1 Å². The highest BCUT2D eigenvalue weighted by molar-refractivity contribution is 7.90. The number of carbonyl (C=O) groups is 1. The van der Waals surface area contributed by atoms with Crippen LogP contribution in [0.2, 0.25) is 5.15 Å². The Kier molecular flexibility index (Phi) is 7.99. The lowest BCUT2D eigenvalue weighted by Crippen LogP contribution is -2.29. The Morgan fingerprint density at radius 2 is 1.90 bits per heavy atom. The number of amides is 1. The normalized spacial score (nSPS) is 12.6. The number of fused-ring (bicyclic) bond motifs is 1. The lowest BCUT2D eigenvalue weighted by molar-refractivity contribution is -0.117. The van der Waals surface area contributed by atoms with Crippen LogP contribution in [0, 0.1) is 13.8 Å². The summed E-state index contributed by atoms with van der Waals surface area (Å²) < 4.78 is 33.9. The van der Waals surface area contributed by atoms with Crippen molar-refractivity contribution in [1.82, 2.24) is 9.71 Å². The maximum atomic E-state index is 13.5. The molecule has 0 bridgehead atoms. The lowest BCUT2D eigenvalue weighted by atomic mass is 9.98. The molecule has 0 fully saturated rings. The summed E-state index contributed by atoms with van der Waals surface area (Å²) in [6, 6.07) is 11.2. The van der Waals surface area contributed by atoms with Gasteiger partial charge in [-0.25, -0.2) is 9.71 Å². The van der Waals surface area contributed by atoms with Gasteiger partial charge >= 0.3 is 0 Å². The first kappa shape index (κ1) is 28.8. The van der Waals surface area contributed by atoms with Crippen molar-refractivity contribution >= 4 is 56.1 Å². The maximum Gasteiger partial charge on any atom is 0.283 e. The minimum Gasteiger partial charge on any atom is -0.455 e. The third-order valence-corrected chi connectivity index (χ3v) is 7.79. The summed E-state index contributed by atoms with van der Waals surface area (Å²) >= 11 is 5.98. The van der Waals surface area contributed by atoms with E-state index in [0.717, 1.165) is 12.5 Å². The number of rotatable bonds is 7. The van der Waals surface area contributed by atoms with Crippen molar-refractivity contribution in [2.24, 2.45) is 4.99 Å². The largest absolute Gasteiger partial charge is 0.455 e. The van der Waals surface area contributed by atoms with Crippen LogP contribution in [0.25, 0.3) is 22.3 Å². The number of nitrogens with zero attached hydrogens (tertiary/aromatic N) is 2. The molecule has 2 heterocycles. The van der Waals surface area contributed by atoms with Crippen LogP contribution in [0.4, 0.5) is 11.4 Å². The van der Waals surface area contributed by atoms with Gasteiger partial charge in [-0.2, -0.15) is 8.42 Å². The molecule has 4 N–H and O–H groups in total. The lowest BCUT2D eigenvalue weighted by Gasteiger charge is -2.20. The zero-order valence-electron chi connectivity index (χ0n) is 22.5. The first-order valence-electron chi connectivity index (χ1n) is 12.2. The molecule has 0 aliphatic carbocycles. The molecule has 4 rings (SSSR count). The Morgan fingerprint density at radius 1 is 1.18 bits per heavy atom. The first-order valence-corrected chi connectivity index (χ1v) is 14.0. The molecule has 0 saturated heterocycles. The Hall–Kier alpha value is -4.22. The number of aromatic nitrogens is 1. The zero-order valence-corrected chi connectivity index (χ0v) is 24.1. The highest BCUT2D eigenvalue weighted by atomic mass is 35.5. The quantitative estimate of drug-likeness (QED) is 0.160. The molecule has 12 heteroatoms. The van der Waals surface area contributed by atoms with Gasteiger partial charge in [-0.05, 0) is 62.7 Å². The van der Waals surface area contributed by atoms with E-state index in [1.807, 2.05) is 17.7 Å². The van der Waals surface area contributed by atoms with Gasteiger partial charge in [0.2, 0.25) is 10.9 Å². The Labute approximate surface area is 236 Å². The van der Waals surface area contributed by atoms with E-state index in [1.54, 1.807) is 51.4 Å². The van der Waals surface area contributed by atoms with E-state index in [1.165, 1.54) is 12.1 Å². The number of aliphatic imine (C=N–C) groups is 1. The number of anilines is 2. The molecule has 0 aliphatic rings. The molecular weight excluding hydrogens is 554 g/mol. The van der Waals surface area contributed by atoms with E-state index < -0.39 is 27.0 Å². The smallest absolute Gasteiger partial charge is 0.283 e. The molecule has 0 spiro atoms. The van der Waals surface area contributed by atoms with E-state index in [9.17, 15) is 18.0 Å². The third kappa shape index (κ3) is 5.70. The monoisotopic (exact) mass is 581 g/mol. The number of carbonyl (C=O) groups excluding carboxylic acids is 1. The van der Waals surface area contributed by atoms with E-state index in [0.29, 0.717) is 44.7 Å². The molecule has 208 valence electrons. The van der Waals surface area contributed by atoms with E-state index >= 15 is 0 Å². The summed E-state index contributed by atoms with van der Waals surface area (Å²) in [7, 11) is -2.67. The predicted octanol–water partition coefficient (Wildman–Crippen LogP) is 4.75. The van der Waals surface area contributed by atoms with Crippen molar-refractivity contribution in [2.45, 2.75) is 38.8 Å². The number of sulfonamides is 1. The summed E-state index contributed by atoms with van der Waals surface area (Å²) in [5, 5.41) is 3.01. The molecule has 2 aromatic heterocycles. The fourth-order valence-corrected chi connectivity index (χ4v) is 5.72. The minimum atomic E-state index is -4.31. The Bertz CT molecular complexity index is 1850. The number of pyridine rings is 1.